The molecule has 0 amide bonds. The summed E-state index contributed by atoms with van der Waals surface area (Å²) in [5, 5.41) is 7.12. The van der Waals surface area contributed by atoms with Crippen LogP contribution in [0.1, 0.15) is 32.3 Å². The second-order valence-electron chi connectivity index (χ2n) is 4.17. The van der Waals surface area contributed by atoms with Crippen LogP contribution < -0.4 is 10.5 Å². The molecule has 120 valence electrons. The van der Waals surface area contributed by atoms with E-state index in [4.69, 9.17) is 20.4 Å². The van der Waals surface area contributed by atoms with Crippen LogP contribution >= 0.6 is 0 Å². The van der Waals surface area contributed by atoms with Gasteiger partial charge in [0.05, 0.1) is 6.10 Å². The lowest BCUT2D eigenvalue weighted by Gasteiger charge is -2.17. The van der Waals surface area contributed by atoms with E-state index in [0.717, 1.165) is 24.2 Å². The minimum Gasteiger partial charge on any atom is -0.490 e. The molecule has 7 heteroatoms. The molecule has 0 saturated carbocycles. The lowest BCUT2D eigenvalue weighted by atomic mass is 10.2. The molecule has 0 aliphatic rings. The van der Waals surface area contributed by atoms with Crippen molar-refractivity contribution in [2.24, 2.45) is 5.73 Å². The average Bonchev–Trinajstić information content (AvgIpc) is 2.44. The van der Waals surface area contributed by atoms with Gasteiger partial charge in [0.25, 0.3) is 0 Å². The number of para-hydroxylation sites is 1. The van der Waals surface area contributed by atoms with Crippen LogP contribution in [0.2, 0.25) is 0 Å². The Hall–Kier alpha value is -1.76. The van der Waals surface area contributed by atoms with Crippen molar-refractivity contribution in [2.45, 2.75) is 45.5 Å². The van der Waals surface area contributed by atoms with Crippen LogP contribution in [-0.4, -0.2) is 23.4 Å². The van der Waals surface area contributed by atoms with Gasteiger partial charge in [-0.15, -0.1) is 0 Å². The maximum absolute atomic E-state index is 10.6. The summed E-state index contributed by atoms with van der Waals surface area (Å²) < 4.78 is 37.6. The molecular weight excluding hydrogens is 287 g/mol. The van der Waals surface area contributed by atoms with Crippen molar-refractivity contribution in [1.29, 1.82) is 0 Å². The van der Waals surface area contributed by atoms with Gasteiger partial charge in [-0.05, 0) is 18.9 Å². The topological polar surface area (TPSA) is 72.5 Å². The molecule has 0 aliphatic heterocycles. The van der Waals surface area contributed by atoms with Crippen LogP contribution in [0.3, 0.4) is 0 Å². The first-order valence-corrected chi connectivity index (χ1v) is 6.50. The highest BCUT2D eigenvalue weighted by Crippen LogP contribution is 2.20. The highest BCUT2D eigenvalue weighted by atomic mass is 19.4. The summed E-state index contributed by atoms with van der Waals surface area (Å²) in [6.07, 6.45) is -2.70. The van der Waals surface area contributed by atoms with E-state index in [0.29, 0.717) is 12.6 Å². The van der Waals surface area contributed by atoms with Gasteiger partial charge in [0, 0.05) is 12.1 Å². The predicted molar refractivity (Wildman–Crippen MR) is 73.0 cm³/mol. The maximum atomic E-state index is 10.6. The molecule has 0 atom stereocenters. The Morgan fingerprint density at radius 1 is 1.29 bits per heavy atom. The lowest BCUT2D eigenvalue weighted by Crippen LogP contribution is -2.21. The Morgan fingerprint density at radius 3 is 2.14 bits per heavy atom. The Morgan fingerprint density at radius 2 is 1.76 bits per heavy atom. The molecule has 0 aromatic heterocycles. The highest BCUT2D eigenvalue weighted by molar-refractivity contribution is 5.73. The lowest BCUT2D eigenvalue weighted by molar-refractivity contribution is -0.192. The molecule has 3 N–H and O–H groups in total. The number of benzene rings is 1. The van der Waals surface area contributed by atoms with Crippen LogP contribution in [0.15, 0.2) is 24.3 Å². The first-order chi connectivity index (χ1) is 9.76. The van der Waals surface area contributed by atoms with Gasteiger partial charge < -0.3 is 15.6 Å². The van der Waals surface area contributed by atoms with Crippen LogP contribution in [0.25, 0.3) is 0 Å². The Labute approximate surface area is 121 Å². The smallest absolute Gasteiger partial charge is 0.490 e. The molecule has 1 aromatic carbocycles. The van der Waals surface area contributed by atoms with Crippen LogP contribution in [0.4, 0.5) is 13.2 Å². The van der Waals surface area contributed by atoms with E-state index in [9.17, 15) is 13.2 Å². The van der Waals surface area contributed by atoms with E-state index < -0.39 is 12.1 Å². The monoisotopic (exact) mass is 307 g/mol. The minimum absolute atomic E-state index is 0.308. The van der Waals surface area contributed by atoms with E-state index >= 15 is 0 Å². The fourth-order valence-corrected chi connectivity index (χ4v) is 1.42. The molecule has 1 rings (SSSR count). The number of carboxylic acid groups (broad SMARTS) is 1. The number of hydrogen-bond donors (Lipinski definition) is 2. The summed E-state index contributed by atoms with van der Waals surface area (Å²) in [4.78, 5) is 8.90. The van der Waals surface area contributed by atoms with Crippen molar-refractivity contribution >= 4 is 5.97 Å². The fourth-order valence-electron chi connectivity index (χ4n) is 1.42. The van der Waals surface area contributed by atoms with Crippen molar-refractivity contribution in [3.8, 4) is 5.75 Å². The summed E-state index contributed by atoms with van der Waals surface area (Å²) in [7, 11) is 0. The second kappa shape index (κ2) is 9.23. The third-order valence-electron chi connectivity index (χ3n) is 2.64. The van der Waals surface area contributed by atoms with E-state index in [2.05, 4.69) is 13.8 Å². The summed E-state index contributed by atoms with van der Waals surface area (Å²) in [5.41, 5.74) is 6.71. The average molecular weight is 307 g/mol. The number of halogens is 3. The predicted octanol–water partition coefficient (Wildman–Crippen LogP) is 3.35. The highest BCUT2D eigenvalue weighted by Gasteiger charge is 2.38. The number of ether oxygens (including phenoxy) is 1. The van der Waals surface area contributed by atoms with Gasteiger partial charge in [-0.25, -0.2) is 4.79 Å². The molecule has 0 aliphatic carbocycles. The number of carbonyl (C=O) groups is 1. The molecule has 4 nitrogen and oxygen atoms in total. The first kappa shape index (κ1) is 19.2. The number of carboxylic acids is 1. The number of aliphatic carboxylic acids is 1. The molecule has 0 heterocycles. The number of nitrogens with two attached hydrogens (primary N) is 1. The zero-order chi connectivity index (χ0) is 16.5. The molecule has 0 fully saturated rings. The van der Waals surface area contributed by atoms with Gasteiger partial charge in [0.15, 0.2) is 0 Å². The Balaban J connectivity index is 0.000000486. The summed E-state index contributed by atoms with van der Waals surface area (Å²) in [5.74, 6) is -1.82. The third-order valence-corrected chi connectivity index (χ3v) is 2.64. The van der Waals surface area contributed by atoms with Gasteiger partial charge in [0.1, 0.15) is 5.75 Å². The zero-order valence-electron chi connectivity index (χ0n) is 12.0. The maximum Gasteiger partial charge on any atom is 0.490 e. The molecule has 1 aromatic rings. The van der Waals surface area contributed by atoms with Crippen LogP contribution in [0.5, 0.6) is 5.75 Å². The third kappa shape index (κ3) is 7.55. The standard InChI is InChI=1S/C12H19NO.C2HF3O2/c1-3-11(4-2)14-12-8-6-5-7-10(12)9-13;3-2(4,5)1(6)7/h5-8,11H,3-4,9,13H2,1-2H3;(H,6,7). The molecule has 21 heavy (non-hydrogen) atoms. The minimum atomic E-state index is -5.08. The second-order valence-corrected chi connectivity index (χ2v) is 4.17. The Bertz CT molecular complexity index is 432. The number of rotatable bonds is 5. The number of alkyl halides is 3. The van der Waals surface area contributed by atoms with Gasteiger partial charge >= 0.3 is 12.1 Å². The molecule has 0 radical (unpaired) electrons. The van der Waals surface area contributed by atoms with E-state index in [1.54, 1.807) is 0 Å². The fraction of sp³-hybridized carbons (Fsp3) is 0.500. The normalized spacial score (nSPS) is 10.8. The van der Waals surface area contributed by atoms with E-state index in [-0.39, 0.29) is 0 Å². The quantitative estimate of drug-likeness (QED) is 0.875. The van der Waals surface area contributed by atoms with Crippen molar-refractivity contribution < 1.29 is 27.8 Å². The first-order valence-electron chi connectivity index (χ1n) is 6.50. The van der Waals surface area contributed by atoms with Crippen molar-refractivity contribution in [2.75, 3.05) is 0 Å². The van der Waals surface area contributed by atoms with Gasteiger partial charge in [-0.3, -0.25) is 0 Å². The molecule has 0 spiro atoms. The largest absolute Gasteiger partial charge is 0.490 e. The summed E-state index contributed by atoms with van der Waals surface area (Å²) >= 11 is 0. The molecule has 0 bridgehead atoms. The van der Waals surface area contributed by atoms with Crippen LogP contribution in [0, 0.1) is 0 Å². The van der Waals surface area contributed by atoms with Gasteiger partial charge in [-0.2, -0.15) is 13.2 Å². The van der Waals surface area contributed by atoms with Crippen LogP contribution in [-0.2, 0) is 11.3 Å². The summed E-state index contributed by atoms with van der Waals surface area (Å²) in [6.45, 7) is 4.81. The van der Waals surface area contributed by atoms with E-state index in [1.807, 2.05) is 24.3 Å². The molecular formula is C14H20F3NO3. The summed E-state index contributed by atoms with van der Waals surface area (Å²) in [6, 6.07) is 7.97. The molecule has 0 saturated heterocycles. The van der Waals surface area contributed by atoms with Gasteiger partial charge in [0.2, 0.25) is 0 Å². The number of hydrogen-bond acceptors (Lipinski definition) is 3. The van der Waals surface area contributed by atoms with Crippen molar-refractivity contribution in [3.63, 3.8) is 0 Å². The SMILES string of the molecule is CCC(CC)Oc1ccccc1CN.O=C(O)C(F)(F)F. The zero-order valence-corrected chi connectivity index (χ0v) is 12.0. The van der Waals surface area contributed by atoms with Crippen molar-refractivity contribution in [3.05, 3.63) is 29.8 Å². The van der Waals surface area contributed by atoms with E-state index in [1.165, 1.54) is 0 Å². The van der Waals surface area contributed by atoms with Gasteiger partial charge in [-0.1, -0.05) is 32.0 Å². The van der Waals surface area contributed by atoms with Crippen molar-refractivity contribution in [1.82, 2.24) is 0 Å². The Kier molecular flexibility index (Phi) is 8.45. The molecule has 0 unspecified atom stereocenters.